The molecule has 2 heterocycles. The largest absolute Gasteiger partial charge is 0.385 e. The molecule has 3 aromatic rings. The van der Waals surface area contributed by atoms with Gasteiger partial charge in [-0.25, -0.2) is 0 Å². The van der Waals surface area contributed by atoms with E-state index in [-0.39, 0.29) is 18.0 Å². The highest BCUT2D eigenvalue weighted by Gasteiger charge is 2.12. The Balaban J connectivity index is 1.65. The van der Waals surface area contributed by atoms with Gasteiger partial charge in [-0.2, -0.15) is 5.10 Å². The predicted molar refractivity (Wildman–Crippen MR) is 102 cm³/mol. The van der Waals surface area contributed by atoms with Gasteiger partial charge in [-0.1, -0.05) is 18.2 Å². The van der Waals surface area contributed by atoms with Crippen molar-refractivity contribution < 1.29 is 9.90 Å². The van der Waals surface area contributed by atoms with Crippen LogP contribution in [0.25, 0.3) is 0 Å². The third-order valence-electron chi connectivity index (χ3n) is 4.23. The molecule has 0 saturated carbocycles. The van der Waals surface area contributed by atoms with Gasteiger partial charge in [0.2, 0.25) is 5.56 Å². The predicted octanol–water partition coefficient (Wildman–Crippen LogP) is 1.70. The van der Waals surface area contributed by atoms with Gasteiger partial charge in [0.1, 0.15) is 6.10 Å². The van der Waals surface area contributed by atoms with Crippen LogP contribution in [-0.2, 0) is 6.54 Å². The van der Waals surface area contributed by atoms with Crippen molar-refractivity contribution >= 4 is 5.91 Å². The Bertz CT molecular complexity index is 1010. The number of carbonyl (C=O) groups is 1. The molecule has 0 saturated heterocycles. The number of H-pyrrole nitrogens is 1. The number of nitrogens with one attached hydrogen (secondary N) is 2. The normalized spacial score (nSPS) is 12.0. The number of carbonyl (C=O) groups excluding carboxylic acids is 1. The first kappa shape index (κ1) is 18.6. The SMILES string of the molecule is Cc1cc(C)n(Cc2cccc(C(=O)NCC(O)c3cccc(=O)[nH]3)c2)n1. The summed E-state index contributed by atoms with van der Waals surface area (Å²) in [5, 5.41) is 17.3. The Morgan fingerprint density at radius 1 is 1.22 bits per heavy atom. The van der Waals surface area contributed by atoms with Crippen LogP contribution in [0.4, 0.5) is 0 Å². The smallest absolute Gasteiger partial charge is 0.251 e. The number of aliphatic hydroxyl groups is 1. The van der Waals surface area contributed by atoms with Gasteiger partial charge in [0.15, 0.2) is 0 Å². The summed E-state index contributed by atoms with van der Waals surface area (Å²) in [6.45, 7) is 4.51. The number of hydrogen-bond donors (Lipinski definition) is 3. The molecule has 7 heteroatoms. The third-order valence-corrected chi connectivity index (χ3v) is 4.23. The summed E-state index contributed by atoms with van der Waals surface area (Å²) in [4.78, 5) is 26.3. The van der Waals surface area contributed by atoms with Gasteiger partial charge < -0.3 is 15.4 Å². The van der Waals surface area contributed by atoms with E-state index in [2.05, 4.69) is 15.4 Å². The zero-order valence-electron chi connectivity index (χ0n) is 15.3. The summed E-state index contributed by atoms with van der Waals surface area (Å²) >= 11 is 0. The summed E-state index contributed by atoms with van der Waals surface area (Å²) < 4.78 is 1.89. The maximum absolute atomic E-state index is 12.4. The second kappa shape index (κ2) is 8.01. The molecule has 3 rings (SSSR count). The number of pyridine rings is 1. The lowest BCUT2D eigenvalue weighted by Crippen LogP contribution is -2.29. The van der Waals surface area contributed by atoms with E-state index in [0.29, 0.717) is 17.8 Å². The van der Waals surface area contributed by atoms with Gasteiger partial charge in [0, 0.05) is 29.6 Å². The lowest BCUT2D eigenvalue weighted by Gasteiger charge is -2.12. The molecular formula is C20H22N4O3. The number of aliphatic hydroxyl groups excluding tert-OH is 1. The maximum Gasteiger partial charge on any atom is 0.251 e. The highest BCUT2D eigenvalue weighted by Crippen LogP contribution is 2.11. The minimum Gasteiger partial charge on any atom is -0.385 e. The average Bonchev–Trinajstić information content (AvgIpc) is 2.96. The molecule has 27 heavy (non-hydrogen) atoms. The van der Waals surface area contributed by atoms with E-state index in [1.165, 1.54) is 6.07 Å². The van der Waals surface area contributed by atoms with Crippen molar-refractivity contribution in [3.63, 3.8) is 0 Å². The van der Waals surface area contributed by atoms with Gasteiger partial charge in [-0.05, 0) is 43.7 Å². The molecule has 0 fully saturated rings. The molecule has 0 spiro atoms. The molecule has 1 amide bonds. The van der Waals surface area contributed by atoms with Crippen LogP contribution in [-0.4, -0.2) is 32.3 Å². The Hall–Kier alpha value is -3.19. The van der Waals surface area contributed by atoms with Crippen LogP contribution in [0, 0.1) is 13.8 Å². The first-order valence-corrected chi connectivity index (χ1v) is 8.68. The summed E-state index contributed by atoms with van der Waals surface area (Å²) in [6, 6.07) is 13.8. The standard InChI is InChI=1S/C20H22N4O3/c1-13-9-14(2)24(23-13)12-15-5-3-6-16(10-15)20(27)21-11-18(25)17-7-4-8-19(26)22-17/h3-10,18,25H,11-12H2,1-2H3,(H,21,27)(H,22,26). The molecule has 3 N–H and O–H groups in total. The first-order chi connectivity index (χ1) is 12.9. The fourth-order valence-corrected chi connectivity index (χ4v) is 2.88. The van der Waals surface area contributed by atoms with Crippen LogP contribution in [0.2, 0.25) is 0 Å². The number of aromatic amines is 1. The maximum atomic E-state index is 12.4. The monoisotopic (exact) mass is 366 g/mol. The zero-order valence-corrected chi connectivity index (χ0v) is 15.3. The Morgan fingerprint density at radius 3 is 2.70 bits per heavy atom. The van der Waals surface area contributed by atoms with E-state index in [1.807, 2.05) is 42.8 Å². The molecule has 7 nitrogen and oxygen atoms in total. The topological polar surface area (TPSA) is 100 Å². The molecule has 0 aliphatic carbocycles. The van der Waals surface area contributed by atoms with Crippen molar-refractivity contribution in [3.05, 3.63) is 87.1 Å². The van der Waals surface area contributed by atoms with E-state index in [9.17, 15) is 14.7 Å². The summed E-state index contributed by atoms with van der Waals surface area (Å²) in [5.41, 5.74) is 3.54. The minimum atomic E-state index is -0.985. The molecular weight excluding hydrogens is 344 g/mol. The van der Waals surface area contributed by atoms with E-state index >= 15 is 0 Å². The number of aromatic nitrogens is 3. The van der Waals surface area contributed by atoms with E-state index in [1.54, 1.807) is 18.2 Å². The van der Waals surface area contributed by atoms with Crippen LogP contribution in [0.3, 0.4) is 0 Å². The van der Waals surface area contributed by atoms with Crippen LogP contribution < -0.4 is 10.9 Å². The lowest BCUT2D eigenvalue weighted by atomic mass is 10.1. The summed E-state index contributed by atoms with van der Waals surface area (Å²) in [5.74, 6) is -0.289. The Labute approximate surface area is 156 Å². The van der Waals surface area contributed by atoms with Gasteiger partial charge in [-0.3, -0.25) is 14.3 Å². The summed E-state index contributed by atoms with van der Waals surface area (Å²) in [7, 11) is 0. The van der Waals surface area contributed by atoms with Crippen molar-refractivity contribution in [3.8, 4) is 0 Å². The van der Waals surface area contributed by atoms with Crippen molar-refractivity contribution in [1.29, 1.82) is 0 Å². The Morgan fingerprint density at radius 2 is 2.00 bits per heavy atom. The fraction of sp³-hybridized carbons (Fsp3) is 0.250. The van der Waals surface area contributed by atoms with Gasteiger partial charge in [0.25, 0.3) is 5.91 Å². The van der Waals surface area contributed by atoms with Crippen LogP contribution in [0.1, 0.15) is 39.1 Å². The molecule has 0 aliphatic heterocycles. The fourth-order valence-electron chi connectivity index (χ4n) is 2.88. The summed E-state index contributed by atoms with van der Waals surface area (Å²) in [6.07, 6.45) is -0.985. The van der Waals surface area contributed by atoms with Crippen LogP contribution >= 0.6 is 0 Å². The molecule has 1 atom stereocenters. The quantitative estimate of drug-likeness (QED) is 0.618. The first-order valence-electron chi connectivity index (χ1n) is 8.68. The van der Waals surface area contributed by atoms with Crippen LogP contribution in [0.5, 0.6) is 0 Å². The molecule has 1 aromatic carbocycles. The number of aryl methyl sites for hydroxylation is 2. The number of rotatable bonds is 6. The third kappa shape index (κ3) is 4.71. The average molecular weight is 366 g/mol. The highest BCUT2D eigenvalue weighted by atomic mass is 16.3. The second-order valence-electron chi connectivity index (χ2n) is 6.48. The molecule has 0 aliphatic rings. The number of amides is 1. The van der Waals surface area contributed by atoms with Crippen molar-refractivity contribution in [2.24, 2.45) is 0 Å². The molecule has 2 aromatic heterocycles. The number of hydrogen-bond acceptors (Lipinski definition) is 4. The lowest BCUT2D eigenvalue weighted by molar-refractivity contribution is 0.0914. The van der Waals surface area contributed by atoms with Crippen molar-refractivity contribution in [2.75, 3.05) is 6.54 Å². The van der Waals surface area contributed by atoms with E-state index in [0.717, 1.165) is 17.0 Å². The highest BCUT2D eigenvalue weighted by molar-refractivity contribution is 5.94. The molecule has 0 radical (unpaired) electrons. The van der Waals surface area contributed by atoms with Crippen molar-refractivity contribution in [2.45, 2.75) is 26.5 Å². The molecule has 1 unspecified atom stereocenters. The molecule has 0 bridgehead atoms. The van der Waals surface area contributed by atoms with E-state index < -0.39 is 6.10 Å². The minimum absolute atomic E-state index is 0.000469. The van der Waals surface area contributed by atoms with E-state index in [4.69, 9.17) is 0 Å². The number of nitrogens with zero attached hydrogens (tertiary/aromatic N) is 2. The second-order valence-corrected chi connectivity index (χ2v) is 6.48. The van der Waals surface area contributed by atoms with Crippen LogP contribution in [0.15, 0.2) is 53.3 Å². The zero-order chi connectivity index (χ0) is 19.4. The number of benzene rings is 1. The van der Waals surface area contributed by atoms with Gasteiger partial charge in [0.05, 0.1) is 12.2 Å². The van der Waals surface area contributed by atoms with Gasteiger partial charge >= 0.3 is 0 Å². The molecule has 140 valence electrons. The van der Waals surface area contributed by atoms with Gasteiger partial charge in [-0.15, -0.1) is 0 Å². The van der Waals surface area contributed by atoms with Crippen molar-refractivity contribution in [1.82, 2.24) is 20.1 Å². The Kier molecular flexibility index (Phi) is 5.52.